The Balaban J connectivity index is 1.30. The maximum Gasteiger partial charge on any atom is 0.270 e. The minimum atomic E-state index is -0.291. The molecule has 1 N–H and O–H groups in total. The molecule has 0 atom stereocenters. The van der Waals surface area contributed by atoms with E-state index in [1.54, 1.807) is 16.9 Å². The summed E-state index contributed by atoms with van der Waals surface area (Å²) in [6, 6.07) is 12.1. The molecule has 0 aliphatic carbocycles. The fraction of sp³-hybridized carbons (Fsp3) is 0.269. The molecule has 1 fully saturated rings. The highest BCUT2D eigenvalue weighted by Gasteiger charge is 2.32. The predicted octanol–water partition coefficient (Wildman–Crippen LogP) is 2.02. The van der Waals surface area contributed by atoms with Gasteiger partial charge in [-0.3, -0.25) is 9.78 Å². The molecule has 1 amide bonds. The van der Waals surface area contributed by atoms with E-state index in [1.807, 2.05) is 51.4 Å². The van der Waals surface area contributed by atoms with Gasteiger partial charge in [-0.05, 0) is 50.5 Å². The van der Waals surface area contributed by atoms with Crippen molar-refractivity contribution in [3.8, 4) is 17.2 Å². The van der Waals surface area contributed by atoms with Crippen molar-refractivity contribution in [1.29, 1.82) is 5.26 Å². The number of aryl methyl sites for hydroxylation is 1. The monoisotopic (exact) mass is 463 g/mol. The van der Waals surface area contributed by atoms with Gasteiger partial charge in [-0.25, -0.2) is 9.50 Å². The van der Waals surface area contributed by atoms with Crippen molar-refractivity contribution in [1.82, 2.24) is 24.9 Å². The standard InChI is InChI=1S/C26H26BN7O/c1-17-4-3-9-29-23(17)25(35)32-26(2)7-10-33(11-8-26)22-6-5-18(14-30-22)21-12-20(27)16-34-24(21)19(13-28)15-31-34/h3-6,9,12,14-16H,7-8,10-11,27H2,1-2H3,(H,32,35). The van der Waals surface area contributed by atoms with Gasteiger partial charge in [0.05, 0.1) is 17.3 Å². The number of pyridine rings is 3. The van der Waals surface area contributed by atoms with Gasteiger partial charge in [0.15, 0.2) is 0 Å². The zero-order valence-electron chi connectivity index (χ0n) is 20.1. The van der Waals surface area contributed by atoms with Gasteiger partial charge < -0.3 is 10.2 Å². The Morgan fingerprint density at radius 2 is 2.00 bits per heavy atom. The molecule has 35 heavy (non-hydrogen) atoms. The van der Waals surface area contributed by atoms with Crippen LogP contribution in [0.4, 0.5) is 5.82 Å². The first-order valence-corrected chi connectivity index (χ1v) is 11.7. The van der Waals surface area contributed by atoms with Gasteiger partial charge in [-0.2, -0.15) is 10.4 Å². The van der Waals surface area contributed by atoms with Crippen molar-refractivity contribution in [2.24, 2.45) is 0 Å². The van der Waals surface area contributed by atoms with Crippen molar-refractivity contribution in [2.75, 3.05) is 18.0 Å². The number of piperidine rings is 1. The van der Waals surface area contributed by atoms with Crippen LogP contribution in [0.2, 0.25) is 0 Å². The molecule has 1 saturated heterocycles. The number of nitrogens with zero attached hydrogens (tertiary/aromatic N) is 6. The van der Waals surface area contributed by atoms with Crippen LogP contribution in [-0.4, -0.2) is 52.0 Å². The molecule has 9 heteroatoms. The molecule has 0 unspecified atom stereocenters. The number of hydrogen-bond donors (Lipinski definition) is 1. The van der Waals surface area contributed by atoms with E-state index in [0.717, 1.165) is 59.4 Å². The average molecular weight is 463 g/mol. The van der Waals surface area contributed by atoms with Crippen molar-refractivity contribution in [3.63, 3.8) is 0 Å². The zero-order valence-corrected chi connectivity index (χ0v) is 20.1. The molecule has 174 valence electrons. The fourth-order valence-electron chi connectivity index (χ4n) is 4.70. The minimum absolute atomic E-state index is 0.123. The Bertz CT molecular complexity index is 1450. The second-order valence-electron chi connectivity index (χ2n) is 9.47. The highest BCUT2D eigenvalue weighted by Crippen LogP contribution is 2.29. The van der Waals surface area contributed by atoms with Gasteiger partial charge in [0.25, 0.3) is 5.91 Å². The van der Waals surface area contributed by atoms with E-state index in [4.69, 9.17) is 4.98 Å². The summed E-state index contributed by atoms with van der Waals surface area (Å²) in [7, 11) is 2.01. The third-order valence-corrected chi connectivity index (χ3v) is 6.76. The number of rotatable bonds is 4. The Morgan fingerprint density at radius 1 is 1.20 bits per heavy atom. The molecule has 0 saturated carbocycles. The van der Waals surface area contributed by atoms with Crippen LogP contribution in [0.5, 0.6) is 0 Å². The van der Waals surface area contributed by atoms with Crippen LogP contribution in [0, 0.1) is 18.3 Å². The Labute approximate surface area is 205 Å². The Hall–Kier alpha value is -4.19. The summed E-state index contributed by atoms with van der Waals surface area (Å²) in [5.74, 6) is 0.781. The lowest BCUT2D eigenvalue weighted by atomic mass is 9.89. The second-order valence-corrected chi connectivity index (χ2v) is 9.47. The zero-order chi connectivity index (χ0) is 24.6. The van der Waals surface area contributed by atoms with E-state index < -0.39 is 0 Å². The van der Waals surface area contributed by atoms with Crippen LogP contribution in [0.25, 0.3) is 16.6 Å². The van der Waals surface area contributed by atoms with Crippen molar-refractivity contribution >= 4 is 30.6 Å². The van der Waals surface area contributed by atoms with Gasteiger partial charge in [0, 0.05) is 48.3 Å². The highest BCUT2D eigenvalue weighted by molar-refractivity contribution is 6.32. The largest absolute Gasteiger partial charge is 0.356 e. The maximum absolute atomic E-state index is 12.8. The second kappa shape index (κ2) is 8.87. The van der Waals surface area contributed by atoms with Crippen molar-refractivity contribution in [2.45, 2.75) is 32.2 Å². The van der Waals surface area contributed by atoms with Crippen LogP contribution in [-0.2, 0) is 0 Å². The third-order valence-electron chi connectivity index (χ3n) is 6.76. The van der Waals surface area contributed by atoms with E-state index in [1.165, 1.54) is 0 Å². The lowest BCUT2D eigenvalue weighted by Gasteiger charge is -2.40. The minimum Gasteiger partial charge on any atom is -0.356 e. The van der Waals surface area contributed by atoms with Crippen LogP contribution in [0.15, 0.2) is 55.1 Å². The van der Waals surface area contributed by atoms with Crippen molar-refractivity contribution < 1.29 is 4.79 Å². The number of carbonyl (C=O) groups is 1. The molecular formula is C26H26BN7O. The Kier molecular flexibility index (Phi) is 5.73. The SMILES string of the molecule is Bc1cc(-c2ccc(N3CCC(C)(NC(=O)c4ncccc4C)CC3)nc2)c2c(C#N)cnn2c1. The Morgan fingerprint density at radius 3 is 2.69 bits per heavy atom. The first kappa shape index (κ1) is 22.6. The number of carbonyl (C=O) groups excluding carboxylic acids is 1. The number of anilines is 1. The smallest absolute Gasteiger partial charge is 0.270 e. The summed E-state index contributed by atoms with van der Waals surface area (Å²) >= 11 is 0. The van der Waals surface area contributed by atoms with Gasteiger partial charge in [-0.15, -0.1) is 0 Å². The summed E-state index contributed by atoms with van der Waals surface area (Å²) < 4.78 is 1.75. The lowest BCUT2D eigenvalue weighted by Crippen LogP contribution is -2.53. The molecule has 5 rings (SSSR count). The van der Waals surface area contributed by atoms with E-state index in [0.29, 0.717) is 11.3 Å². The quantitative estimate of drug-likeness (QED) is 0.465. The molecule has 0 radical (unpaired) electrons. The fourth-order valence-corrected chi connectivity index (χ4v) is 4.70. The molecule has 4 aromatic rings. The average Bonchev–Trinajstić information content (AvgIpc) is 3.27. The molecule has 4 aromatic heterocycles. The summed E-state index contributed by atoms with van der Waals surface area (Å²) in [4.78, 5) is 24.0. The molecule has 5 heterocycles. The molecule has 0 bridgehead atoms. The van der Waals surface area contributed by atoms with Crippen molar-refractivity contribution in [3.05, 3.63) is 71.9 Å². The van der Waals surface area contributed by atoms with E-state index in [9.17, 15) is 10.1 Å². The molecule has 8 nitrogen and oxygen atoms in total. The predicted molar refractivity (Wildman–Crippen MR) is 138 cm³/mol. The van der Waals surface area contributed by atoms with Gasteiger partial charge in [0.1, 0.15) is 25.4 Å². The number of fused-ring (bicyclic) bond motifs is 1. The number of hydrogen-bond acceptors (Lipinski definition) is 6. The van der Waals surface area contributed by atoms with Crippen LogP contribution in [0.1, 0.15) is 41.4 Å². The van der Waals surface area contributed by atoms with Crippen LogP contribution < -0.4 is 15.7 Å². The molecule has 1 aliphatic rings. The first-order valence-electron chi connectivity index (χ1n) is 11.7. The van der Waals surface area contributed by atoms with Gasteiger partial charge in [-0.1, -0.05) is 17.6 Å². The van der Waals surface area contributed by atoms with E-state index in [-0.39, 0.29) is 11.4 Å². The molecule has 0 spiro atoms. The number of nitrogens with one attached hydrogen (secondary N) is 1. The molecule has 1 aliphatic heterocycles. The van der Waals surface area contributed by atoms with E-state index >= 15 is 0 Å². The van der Waals surface area contributed by atoms with E-state index in [2.05, 4.69) is 39.4 Å². The summed E-state index contributed by atoms with van der Waals surface area (Å²) in [6.45, 7) is 5.58. The summed E-state index contributed by atoms with van der Waals surface area (Å²) in [5.41, 5.74) is 5.34. The van der Waals surface area contributed by atoms with Crippen LogP contribution >= 0.6 is 0 Å². The van der Waals surface area contributed by atoms with Gasteiger partial charge in [0.2, 0.25) is 0 Å². The molecular weight excluding hydrogens is 437 g/mol. The van der Waals surface area contributed by atoms with Gasteiger partial charge >= 0.3 is 0 Å². The number of nitriles is 1. The summed E-state index contributed by atoms with van der Waals surface area (Å²) in [5, 5.41) is 17.0. The van der Waals surface area contributed by atoms with Crippen LogP contribution in [0.3, 0.4) is 0 Å². The highest BCUT2D eigenvalue weighted by atomic mass is 16.2. The number of amides is 1. The maximum atomic E-state index is 12.8. The topological polar surface area (TPSA) is 99.2 Å². The normalized spacial score (nSPS) is 15.1. The number of aromatic nitrogens is 4. The lowest BCUT2D eigenvalue weighted by molar-refractivity contribution is 0.0885. The molecule has 0 aromatic carbocycles. The first-order chi connectivity index (χ1) is 16.9. The third kappa shape index (κ3) is 4.35. The summed E-state index contributed by atoms with van der Waals surface area (Å²) in [6.07, 6.45) is 8.65.